The highest BCUT2D eigenvalue weighted by Gasteiger charge is 2.58. The van der Waals surface area contributed by atoms with Crippen LogP contribution in [0.2, 0.25) is 0 Å². The number of hydrogen-bond donors (Lipinski definition) is 0. The number of aryl methyl sites for hydroxylation is 1. The lowest BCUT2D eigenvalue weighted by molar-refractivity contribution is -0.145. The van der Waals surface area contributed by atoms with Gasteiger partial charge in [0.2, 0.25) is 0 Å². The van der Waals surface area contributed by atoms with E-state index in [9.17, 15) is 9.59 Å². The summed E-state index contributed by atoms with van der Waals surface area (Å²) in [5.41, 5.74) is 2.29. The summed E-state index contributed by atoms with van der Waals surface area (Å²) in [6, 6.07) is 1.91. The quantitative estimate of drug-likeness (QED) is 0.143. The third-order valence-electron chi connectivity index (χ3n) is 5.40. The number of alkyl halides is 1. The Morgan fingerprint density at radius 2 is 2.25 bits per heavy atom. The molecule has 3 atom stereocenters. The molecule has 0 N–H and O–H groups in total. The lowest BCUT2D eigenvalue weighted by Gasteiger charge is -2.22. The Bertz CT molecular complexity index is 802. The first-order chi connectivity index (χ1) is 13.3. The molecule has 28 heavy (non-hydrogen) atoms. The standard InChI is InChI=1S/C23H29BrO4/c1-6-8-21(28-22(26)16(3)10-7-9-15(2)13-24)23(5)12-18(23)19-11-17(4)20(14-25)27-19/h6,8-9,11,14,18,21H,3,7,10,12-13H2,1-2,4-5H3/b8-6+,15-9-/t18-,21+,23+/m0/s1. The molecule has 0 unspecified atom stereocenters. The molecule has 0 saturated heterocycles. The van der Waals surface area contributed by atoms with Gasteiger partial charge in [0.05, 0.1) is 0 Å². The van der Waals surface area contributed by atoms with Gasteiger partial charge in [-0.15, -0.1) is 0 Å². The summed E-state index contributed by atoms with van der Waals surface area (Å²) in [7, 11) is 0. The number of rotatable bonds is 10. The first-order valence-corrected chi connectivity index (χ1v) is 10.7. The number of aldehydes is 1. The van der Waals surface area contributed by atoms with Crippen molar-refractivity contribution in [3.8, 4) is 0 Å². The molecule has 1 aromatic heterocycles. The van der Waals surface area contributed by atoms with Gasteiger partial charge < -0.3 is 9.15 Å². The predicted octanol–water partition coefficient (Wildman–Crippen LogP) is 6.06. The number of ether oxygens (including phenoxy) is 1. The highest BCUT2D eigenvalue weighted by Crippen LogP contribution is 2.62. The van der Waals surface area contributed by atoms with Crippen LogP contribution in [0, 0.1) is 12.3 Å². The lowest BCUT2D eigenvalue weighted by Crippen LogP contribution is -2.26. The van der Waals surface area contributed by atoms with Crippen molar-refractivity contribution in [1.29, 1.82) is 0 Å². The second kappa shape index (κ2) is 9.55. The predicted molar refractivity (Wildman–Crippen MR) is 115 cm³/mol. The fraction of sp³-hybridized carbons (Fsp3) is 0.478. The number of halogens is 1. The van der Waals surface area contributed by atoms with E-state index in [1.807, 2.05) is 39.0 Å². The molecule has 0 radical (unpaired) electrons. The van der Waals surface area contributed by atoms with Crippen LogP contribution in [0.25, 0.3) is 0 Å². The van der Waals surface area contributed by atoms with Crippen LogP contribution in [0.5, 0.6) is 0 Å². The Balaban J connectivity index is 2.03. The summed E-state index contributed by atoms with van der Waals surface area (Å²) in [5.74, 6) is 0.904. The fourth-order valence-electron chi connectivity index (χ4n) is 3.35. The van der Waals surface area contributed by atoms with E-state index in [0.29, 0.717) is 17.8 Å². The average Bonchev–Trinajstić information content (AvgIpc) is 3.22. The van der Waals surface area contributed by atoms with Gasteiger partial charge in [-0.2, -0.15) is 0 Å². The normalized spacial score (nSPS) is 22.9. The number of carbonyl (C=O) groups excluding carboxylic acids is 2. The van der Waals surface area contributed by atoms with E-state index in [1.165, 1.54) is 5.57 Å². The van der Waals surface area contributed by atoms with Crippen molar-refractivity contribution in [2.24, 2.45) is 5.41 Å². The van der Waals surface area contributed by atoms with Gasteiger partial charge in [-0.05, 0) is 57.7 Å². The maximum atomic E-state index is 12.5. The van der Waals surface area contributed by atoms with Gasteiger partial charge in [0.25, 0.3) is 0 Å². The van der Waals surface area contributed by atoms with Crippen LogP contribution in [-0.4, -0.2) is 23.7 Å². The van der Waals surface area contributed by atoms with Crippen molar-refractivity contribution < 1.29 is 18.7 Å². The van der Waals surface area contributed by atoms with Crippen molar-refractivity contribution in [3.05, 3.63) is 59.1 Å². The van der Waals surface area contributed by atoms with Crippen molar-refractivity contribution in [2.75, 3.05) is 5.33 Å². The zero-order valence-electron chi connectivity index (χ0n) is 17.1. The van der Waals surface area contributed by atoms with E-state index in [-0.39, 0.29) is 23.4 Å². The van der Waals surface area contributed by atoms with Crippen LogP contribution in [0.15, 0.2) is 46.4 Å². The smallest absolute Gasteiger partial charge is 0.334 e. The third-order valence-corrected chi connectivity index (χ3v) is 6.28. The van der Waals surface area contributed by atoms with Gasteiger partial charge in [0.15, 0.2) is 12.0 Å². The molecule has 5 heteroatoms. The highest BCUT2D eigenvalue weighted by molar-refractivity contribution is 9.09. The molecule has 0 aromatic carbocycles. The largest absolute Gasteiger partial charge is 0.458 e. The van der Waals surface area contributed by atoms with Crippen LogP contribution < -0.4 is 0 Å². The second-order valence-corrected chi connectivity index (χ2v) is 8.32. The summed E-state index contributed by atoms with van der Waals surface area (Å²) in [4.78, 5) is 23.6. The Labute approximate surface area is 175 Å². The topological polar surface area (TPSA) is 56.5 Å². The zero-order chi connectivity index (χ0) is 20.9. The van der Waals surface area contributed by atoms with Crippen molar-refractivity contribution in [3.63, 3.8) is 0 Å². The Morgan fingerprint density at radius 3 is 2.82 bits per heavy atom. The molecule has 1 heterocycles. The van der Waals surface area contributed by atoms with Crippen LogP contribution in [0.3, 0.4) is 0 Å². The number of esters is 1. The number of furan rings is 1. The van der Waals surface area contributed by atoms with Crippen LogP contribution in [0.1, 0.15) is 67.8 Å². The Morgan fingerprint density at radius 1 is 1.54 bits per heavy atom. The molecule has 1 aliphatic carbocycles. The summed E-state index contributed by atoms with van der Waals surface area (Å²) in [5, 5.41) is 0.825. The highest BCUT2D eigenvalue weighted by atomic mass is 79.9. The van der Waals surface area contributed by atoms with Gasteiger partial charge in [-0.3, -0.25) is 4.79 Å². The van der Waals surface area contributed by atoms with Crippen molar-refractivity contribution >= 4 is 28.2 Å². The molecule has 1 aliphatic rings. The first kappa shape index (κ1) is 22.4. The zero-order valence-corrected chi connectivity index (χ0v) is 18.7. The molecule has 152 valence electrons. The summed E-state index contributed by atoms with van der Waals surface area (Å²) in [6.45, 7) is 11.8. The molecule has 0 bridgehead atoms. The monoisotopic (exact) mass is 448 g/mol. The van der Waals surface area contributed by atoms with E-state index >= 15 is 0 Å². The molecular formula is C23H29BrO4. The lowest BCUT2D eigenvalue weighted by atomic mass is 9.96. The molecule has 2 rings (SSSR count). The Kier molecular flexibility index (Phi) is 7.64. The molecule has 0 amide bonds. The van der Waals surface area contributed by atoms with Crippen molar-refractivity contribution in [1.82, 2.24) is 0 Å². The minimum absolute atomic E-state index is 0.117. The average molecular weight is 449 g/mol. The molecular weight excluding hydrogens is 420 g/mol. The molecule has 1 aromatic rings. The SMILES string of the molecule is C=C(CC/C=C(/C)CBr)C(=O)O[C@H](/C=C/C)[C@]1(C)C[C@H]1c1cc(C)c(C=O)o1. The number of carbonyl (C=O) groups is 2. The first-order valence-electron chi connectivity index (χ1n) is 9.55. The van der Waals surface area contributed by atoms with E-state index in [1.54, 1.807) is 0 Å². The third kappa shape index (κ3) is 5.13. The molecule has 0 spiro atoms. The van der Waals surface area contributed by atoms with Crippen molar-refractivity contribution in [2.45, 2.75) is 59.0 Å². The second-order valence-electron chi connectivity index (χ2n) is 7.75. The summed E-state index contributed by atoms with van der Waals surface area (Å²) >= 11 is 3.41. The van der Waals surface area contributed by atoms with Crippen LogP contribution in [0.4, 0.5) is 0 Å². The van der Waals surface area contributed by atoms with Crippen LogP contribution in [-0.2, 0) is 9.53 Å². The minimum Gasteiger partial charge on any atom is -0.458 e. The molecule has 0 aliphatic heterocycles. The van der Waals surface area contributed by atoms with E-state index < -0.39 is 0 Å². The minimum atomic E-state index is -0.364. The summed E-state index contributed by atoms with van der Waals surface area (Å²) in [6.07, 6.45) is 8.45. The van der Waals surface area contributed by atoms with Gasteiger partial charge in [0, 0.05) is 22.2 Å². The summed E-state index contributed by atoms with van der Waals surface area (Å²) < 4.78 is 11.5. The van der Waals surface area contributed by atoms with E-state index in [0.717, 1.165) is 35.8 Å². The van der Waals surface area contributed by atoms with Crippen LogP contribution >= 0.6 is 15.9 Å². The maximum Gasteiger partial charge on any atom is 0.334 e. The van der Waals surface area contributed by atoms with Gasteiger partial charge in [-0.25, -0.2) is 4.79 Å². The van der Waals surface area contributed by atoms with E-state index in [4.69, 9.17) is 9.15 Å². The van der Waals surface area contributed by atoms with Gasteiger partial charge in [0.1, 0.15) is 11.9 Å². The molecule has 4 nitrogen and oxygen atoms in total. The van der Waals surface area contributed by atoms with E-state index in [2.05, 4.69) is 35.5 Å². The molecule has 1 fully saturated rings. The van der Waals surface area contributed by atoms with Gasteiger partial charge >= 0.3 is 5.97 Å². The fourth-order valence-corrected chi connectivity index (χ4v) is 3.58. The Hall–Kier alpha value is -1.88. The number of hydrogen-bond acceptors (Lipinski definition) is 4. The maximum absolute atomic E-state index is 12.5. The molecule has 1 saturated carbocycles. The van der Waals surface area contributed by atoms with Gasteiger partial charge in [-0.1, -0.05) is 47.2 Å². The number of allylic oxidation sites excluding steroid dienone is 3.